The number of hydrogen-bond donors (Lipinski definition) is 1. The molecule has 0 unspecified atom stereocenters. The minimum atomic E-state index is -3.72. The minimum absolute atomic E-state index is 0.00470. The molecule has 2 aromatic rings. The van der Waals surface area contributed by atoms with Crippen molar-refractivity contribution in [2.24, 2.45) is 0 Å². The van der Waals surface area contributed by atoms with Crippen LogP contribution >= 0.6 is 0 Å². The Labute approximate surface area is 111 Å². The van der Waals surface area contributed by atoms with E-state index in [1.54, 1.807) is 24.3 Å². The van der Waals surface area contributed by atoms with Crippen molar-refractivity contribution in [3.63, 3.8) is 0 Å². The van der Waals surface area contributed by atoms with Crippen molar-refractivity contribution in [1.29, 1.82) is 0 Å². The summed E-state index contributed by atoms with van der Waals surface area (Å²) in [5.41, 5.74) is 1.05. The first-order valence-electron chi connectivity index (χ1n) is 5.36. The lowest BCUT2D eigenvalue weighted by Gasteiger charge is -2.08. The average Bonchev–Trinajstić information content (AvgIpc) is 2.40. The topological polar surface area (TPSA) is 46.2 Å². The maximum Gasteiger partial charge on any atom is 0.261 e. The van der Waals surface area contributed by atoms with E-state index in [1.165, 1.54) is 12.1 Å². The van der Waals surface area contributed by atoms with Gasteiger partial charge in [0.2, 0.25) is 0 Å². The van der Waals surface area contributed by atoms with Gasteiger partial charge in [0.05, 0.1) is 4.90 Å². The van der Waals surface area contributed by atoms with Crippen LogP contribution in [0.15, 0.2) is 53.4 Å². The summed E-state index contributed by atoms with van der Waals surface area (Å²) in [6.45, 7) is 0. The van der Waals surface area contributed by atoms with Gasteiger partial charge < -0.3 is 0 Å². The molecule has 0 aliphatic rings. The smallest absolute Gasteiger partial charge is 0.261 e. The third-order valence-electron chi connectivity index (χ3n) is 2.43. The summed E-state index contributed by atoms with van der Waals surface area (Å²) in [5, 5.41) is 0. The van der Waals surface area contributed by atoms with Gasteiger partial charge in [-0.15, -0.1) is 6.42 Å². The van der Waals surface area contributed by atoms with Gasteiger partial charge in [-0.05, 0) is 48.5 Å². The first-order chi connectivity index (χ1) is 9.01. The molecule has 0 radical (unpaired) electrons. The first-order valence-corrected chi connectivity index (χ1v) is 6.85. The van der Waals surface area contributed by atoms with E-state index in [0.717, 1.165) is 12.1 Å². The summed E-state index contributed by atoms with van der Waals surface area (Å²) < 4.78 is 39.1. The van der Waals surface area contributed by atoms with Crippen LogP contribution in [-0.2, 0) is 10.0 Å². The van der Waals surface area contributed by atoms with Gasteiger partial charge in [-0.2, -0.15) is 0 Å². The molecule has 0 saturated heterocycles. The van der Waals surface area contributed by atoms with Crippen LogP contribution < -0.4 is 4.72 Å². The Balaban J connectivity index is 2.26. The number of terminal acetylenes is 1. The SMILES string of the molecule is C#Cc1ccc(NS(=O)(=O)c2ccc(F)cc2)cc1. The number of nitrogens with one attached hydrogen (secondary N) is 1. The zero-order valence-corrected chi connectivity index (χ0v) is 10.6. The van der Waals surface area contributed by atoms with Crippen molar-refractivity contribution in [2.75, 3.05) is 4.72 Å². The van der Waals surface area contributed by atoms with Crippen LogP contribution in [0.4, 0.5) is 10.1 Å². The number of anilines is 1. The number of benzene rings is 2. The van der Waals surface area contributed by atoms with Crippen LogP contribution in [0.5, 0.6) is 0 Å². The first kappa shape index (κ1) is 13.1. The molecular weight excluding hydrogens is 265 g/mol. The van der Waals surface area contributed by atoms with Crippen LogP contribution in [0.25, 0.3) is 0 Å². The van der Waals surface area contributed by atoms with Crippen molar-refractivity contribution in [2.45, 2.75) is 4.90 Å². The van der Waals surface area contributed by atoms with E-state index in [-0.39, 0.29) is 4.90 Å². The monoisotopic (exact) mass is 275 g/mol. The molecule has 0 saturated carbocycles. The van der Waals surface area contributed by atoms with Gasteiger partial charge in [0.1, 0.15) is 5.82 Å². The second kappa shape index (κ2) is 5.12. The normalized spacial score (nSPS) is 10.7. The van der Waals surface area contributed by atoms with Gasteiger partial charge in [-0.3, -0.25) is 4.72 Å². The Morgan fingerprint density at radius 3 is 2.11 bits per heavy atom. The second-order valence-electron chi connectivity index (χ2n) is 3.78. The molecular formula is C14H10FNO2S. The van der Waals surface area contributed by atoms with E-state index in [0.29, 0.717) is 11.3 Å². The molecule has 96 valence electrons. The van der Waals surface area contributed by atoms with Gasteiger partial charge in [-0.1, -0.05) is 5.92 Å². The maximum absolute atomic E-state index is 12.8. The Hall–Kier alpha value is -2.32. The van der Waals surface area contributed by atoms with Gasteiger partial charge in [-0.25, -0.2) is 12.8 Å². The Morgan fingerprint density at radius 2 is 1.58 bits per heavy atom. The van der Waals surface area contributed by atoms with Gasteiger partial charge >= 0.3 is 0 Å². The number of rotatable bonds is 3. The summed E-state index contributed by atoms with van der Waals surface area (Å²) in [7, 11) is -3.72. The summed E-state index contributed by atoms with van der Waals surface area (Å²) in [5.74, 6) is 1.95. The lowest BCUT2D eigenvalue weighted by Crippen LogP contribution is -2.12. The van der Waals surface area contributed by atoms with E-state index < -0.39 is 15.8 Å². The Morgan fingerprint density at radius 1 is 1.00 bits per heavy atom. The Kier molecular flexibility index (Phi) is 3.54. The molecule has 1 N–H and O–H groups in total. The summed E-state index contributed by atoms with van der Waals surface area (Å²) in [6, 6.07) is 11.0. The fourth-order valence-electron chi connectivity index (χ4n) is 1.46. The van der Waals surface area contributed by atoms with Crippen LogP contribution in [-0.4, -0.2) is 8.42 Å². The Bertz CT molecular complexity index is 714. The van der Waals surface area contributed by atoms with Gasteiger partial charge in [0, 0.05) is 11.3 Å². The molecule has 0 atom stereocenters. The highest BCUT2D eigenvalue weighted by Crippen LogP contribution is 2.16. The summed E-state index contributed by atoms with van der Waals surface area (Å²) in [4.78, 5) is -0.00470. The maximum atomic E-state index is 12.8. The molecule has 2 rings (SSSR count). The predicted octanol–water partition coefficient (Wildman–Crippen LogP) is 2.61. The molecule has 0 spiro atoms. The molecule has 2 aromatic carbocycles. The van der Waals surface area contributed by atoms with Crippen LogP contribution in [0.2, 0.25) is 0 Å². The van der Waals surface area contributed by atoms with Gasteiger partial charge in [0.25, 0.3) is 10.0 Å². The molecule has 0 aliphatic heterocycles. The predicted molar refractivity (Wildman–Crippen MR) is 71.6 cm³/mol. The quantitative estimate of drug-likeness (QED) is 0.875. The molecule has 0 amide bonds. The molecule has 0 fully saturated rings. The zero-order valence-electron chi connectivity index (χ0n) is 9.80. The fourth-order valence-corrected chi connectivity index (χ4v) is 2.52. The van der Waals surface area contributed by atoms with Crippen molar-refractivity contribution in [3.05, 3.63) is 59.9 Å². The van der Waals surface area contributed by atoms with Crippen LogP contribution in [0, 0.1) is 18.2 Å². The average molecular weight is 275 g/mol. The lowest BCUT2D eigenvalue weighted by molar-refractivity contribution is 0.599. The highest BCUT2D eigenvalue weighted by Gasteiger charge is 2.13. The summed E-state index contributed by atoms with van der Waals surface area (Å²) >= 11 is 0. The third kappa shape index (κ3) is 3.12. The molecule has 0 aromatic heterocycles. The van der Waals surface area contributed by atoms with Crippen molar-refractivity contribution in [1.82, 2.24) is 0 Å². The van der Waals surface area contributed by atoms with E-state index >= 15 is 0 Å². The van der Waals surface area contributed by atoms with Crippen molar-refractivity contribution < 1.29 is 12.8 Å². The van der Waals surface area contributed by atoms with Crippen LogP contribution in [0.1, 0.15) is 5.56 Å². The zero-order chi connectivity index (χ0) is 13.9. The standard InChI is InChI=1S/C14H10FNO2S/c1-2-11-3-7-13(8-4-11)16-19(17,18)14-9-5-12(15)6-10-14/h1,3-10,16H. The van der Waals surface area contributed by atoms with E-state index in [4.69, 9.17) is 6.42 Å². The largest absolute Gasteiger partial charge is 0.280 e. The number of sulfonamides is 1. The van der Waals surface area contributed by atoms with E-state index in [2.05, 4.69) is 10.6 Å². The highest BCUT2D eigenvalue weighted by atomic mass is 32.2. The highest BCUT2D eigenvalue weighted by molar-refractivity contribution is 7.92. The third-order valence-corrected chi connectivity index (χ3v) is 3.82. The molecule has 0 bridgehead atoms. The molecule has 0 aliphatic carbocycles. The minimum Gasteiger partial charge on any atom is -0.280 e. The molecule has 3 nitrogen and oxygen atoms in total. The number of halogens is 1. The molecule has 19 heavy (non-hydrogen) atoms. The number of hydrogen-bond acceptors (Lipinski definition) is 2. The fraction of sp³-hybridized carbons (Fsp3) is 0. The van der Waals surface area contributed by atoms with Crippen molar-refractivity contribution in [3.8, 4) is 12.3 Å². The van der Waals surface area contributed by atoms with Gasteiger partial charge in [0.15, 0.2) is 0 Å². The second-order valence-corrected chi connectivity index (χ2v) is 5.46. The van der Waals surface area contributed by atoms with Crippen molar-refractivity contribution >= 4 is 15.7 Å². The van der Waals surface area contributed by atoms with Crippen LogP contribution in [0.3, 0.4) is 0 Å². The molecule has 5 heteroatoms. The lowest BCUT2D eigenvalue weighted by atomic mass is 10.2. The summed E-state index contributed by atoms with van der Waals surface area (Å²) in [6.07, 6.45) is 5.21. The van der Waals surface area contributed by atoms with E-state index in [9.17, 15) is 12.8 Å². The van der Waals surface area contributed by atoms with E-state index in [1.807, 2.05) is 0 Å². The molecule has 0 heterocycles.